The van der Waals surface area contributed by atoms with E-state index in [2.05, 4.69) is 216 Å². The van der Waals surface area contributed by atoms with Gasteiger partial charge in [0.05, 0.1) is 11.4 Å². The van der Waals surface area contributed by atoms with Crippen molar-refractivity contribution >= 4 is 44.9 Å². The Labute approximate surface area is 314 Å². The molecule has 9 aromatic rings. The van der Waals surface area contributed by atoms with Crippen molar-refractivity contribution in [1.82, 2.24) is 9.97 Å². The van der Waals surface area contributed by atoms with Crippen LogP contribution in [-0.4, -0.2) is 9.97 Å². The molecule has 54 heavy (non-hydrogen) atoms. The number of hydrogen-bond acceptors (Lipinski definition) is 4. The summed E-state index contributed by atoms with van der Waals surface area (Å²) in [4.78, 5) is 15.5. The molecule has 1 aliphatic carbocycles. The maximum Gasteiger partial charge on any atom is 0.160 e. The normalized spacial score (nSPS) is 11.3. The van der Waals surface area contributed by atoms with Gasteiger partial charge in [0.15, 0.2) is 5.82 Å². The first kappa shape index (κ1) is 31.4. The van der Waals surface area contributed by atoms with Crippen molar-refractivity contribution in [2.75, 3.05) is 9.80 Å². The Balaban J connectivity index is 1.18. The Hall–Kier alpha value is -7.30. The minimum Gasteiger partial charge on any atom is -0.310 e. The van der Waals surface area contributed by atoms with Crippen LogP contribution in [0.4, 0.5) is 34.1 Å². The fraction of sp³-hybridized carbons (Fsp3) is 0. The number of anilines is 6. The van der Waals surface area contributed by atoms with Crippen LogP contribution in [0.25, 0.3) is 55.8 Å². The predicted molar refractivity (Wildman–Crippen MR) is 224 cm³/mol. The molecule has 10 rings (SSSR count). The average Bonchev–Trinajstić information content (AvgIpc) is 3.57. The Kier molecular flexibility index (Phi) is 7.77. The van der Waals surface area contributed by atoms with Gasteiger partial charge in [0.1, 0.15) is 0 Å². The van der Waals surface area contributed by atoms with Crippen LogP contribution in [0.15, 0.2) is 206 Å². The van der Waals surface area contributed by atoms with Crippen molar-refractivity contribution < 1.29 is 0 Å². The number of para-hydroxylation sites is 4. The van der Waals surface area contributed by atoms with E-state index in [0.29, 0.717) is 5.82 Å². The summed E-state index contributed by atoms with van der Waals surface area (Å²) >= 11 is 0. The van der Waals surface area contributed by atoms with Gasteiger partial charge in [-0.15, -0.1) is 0 Å². The van der Waals surface area contributed by atoms with E-state index in [1.807, 2.05) is 0 Å². The molecule has 254 valence electrons. The first-order chi connectivity index (χ1) is 26.8. The summed E-state index contributed by atoms with van der Waals surface area (Å²) in [5, 5.41) is 2.43. The van der Waals surface area contributed by atoms with Gasteiger partial charge in [0.2, 0.25) is 0 Å². The lowest BCUT2D eigenvalue weighted by molar-refractivity contribution is 1.19. The van der Waals surface area contributed by atoms with Crippen LogP contribution in [0, 0.1) is 0 Å². The van der Waals surface area contributed by atoms with Gasteiger partial charge in [-0.1, -0.05) is 133 Å². The largest absolute Gasteiger partial charge is 0.310 e. The van der Waals surface area contributed by atoms with Crippen LogP contribution in [0.2, 0.25) is 0 Å². The van der Waals surface area contributed by atoms with Gasteiger partial charge in [0, 0.05) is 56.4 Å². The molecule has 0 saturated carbocycles. The molecule has 0 fully saturated rings. The van der Waals surface area contributed by atoms with E-state index in [1.165, 1.54) is 16.3 Å². The zero-order valence-electron chi connectivity index (χ0n) is 29.4. The van der Waals surface area contributed by atoms with Gasteiger partial charge < -0.3 is 9.80 Å². The minimum atomic E-state index is 0.685. The van der Waals surface area contributed by atoms with Crippen molar-refractivity contribution in [2.45, 2.75) is 0 Å². The maximum absolute atomic E-state index is 5.50. The number of aromatic nitrogens is 2. The molecule has 0 bridgehead atoms. The molecule has 0 amide bonds. The summed E-state index contributed by atoms with van der Waals surface area (Å²) in [6.07, 6.45) is 0. The van der Waals surface area contributed by atoms with Crippen LogP contribution < -0.4 is 9.80 Å². The highest BCUT2D eigenvalue weighted by Gasteiger charge is 2.29. The Bertz CT molecular complexity index is 2680. The maximum atomic E-state index is 5.50. The first-order valence-electron chi connectivity index (χ1n) is 18.3. The van der Waals surface area contributed by atoms with Gasteiger partial charge in [-0.3, -0.25) is 0 Å². The molecule has 0 saturated heterocycles. The number of nitrogens with zero attached hydrogens (tertiary/aromatic N) is 4. The van der Waals surface area contributed by atoms with E-state index < -0.39 is 0 Å². The Morgan fingerprint density at radius 3 is 1.24 bits per heavy atom. The summed E-state index contributed by atoms with van der Waals surface area (Å²) < 4.78 is 0. The summed E-state index contributed by atoms with van der Waals surface area (Å²) in [6.45, 7) is 0. The SMILES string of the molecule is c1ccc(N(c2ccccc2)c2cccc(-c3nc(-c4cccc(N(c5ccccc5)c5ccccc5)c4)c4c(n3)-c3cccc5cccc-4c35)c2)cc1. The molecule has 1 aliphatic rings. The predicted octanol–water partition coefficient (Wildman–Crippen LogP) is 13.6. The van der Waals surface area contributed by atoms with E-state index in [0.717, 1.165) is 67.8 Å². The highest BCUT2D eigenvalue weighted by Crippen LogP contribution is 2.51. The fourth-order valence-corrected chi connectivity index (χ4v) is 7.77. The molecule has 0 unspecified atom stereocenters. The molecule has 8 aromatic carbocycles. The molecular formula is C50H34N4. The van der Waals surface area contributed by atoms with Gasteiger partial charge >= 0.3 is 0 Å². The Morgan fingerprint density at radius 2 is 0.722 bits per heavy atom. The number of fused-ring (bicyclic) bond motifs is 3. The van der Waals surface area contributed by atoms with Gasteiger partial charge in [-0.2, -0.15) is 0 Å². The standard InChI is InChI=1S/C50H34N4/c1-5-21-38(22-6-1)53(39-23-7-2-8-24-39)42-29-13-19-36(33-42)48-47-44-31-15-17-35-18-16-32-45(46(35)44)49(47)52-50(51-48)37-20-14-30-43(34-37)54(40-25-9-3-10-26-40)41-27-11-4-12-28-41/h1-34H. The molecule has 4 heteroatoms. The van der Waals surface area contributed by atoms with E-state index in [9.17, 15) is 0 Å². The minimum absolute atomic E-state index is 0.685. The molecule has 0 radical (unpaired) electrons. The average molecular weight is 691 g/mol. The van der Waals surface area contributed by atoms with Crippen molar-refractivity contribution in [3.05, 3.63) is 206 Å². The van der Waals surface area contributed by atoms with Crippen LogP contribution >= 0.6 is 0 Å². The van der Waals surface area contributed by atoms with Crippen molar-refractivity contribution in [3.63, 3.8) is 0 Å². The zero-order chi connectivity index (χ0) is 35.8. The lowest BCUT2D eigenvalue weighted by Crippen LogP contribution is -2.10. The van der Waals surface area contributed by atoms with Gasteiger partial charge in [0.25, 0.3) is 0 Å². The highest BCUT2D eigenvalue weighted by molar-refractivity contribution is 6.17. The fourth-order valence-electron chi connectivity index (χ4n) is 7.77. The van der Waals surface area contributed by atoms with E-state index in [-0.39, 0.29) is 0 Å². The first-order valence-corrected chi connectivity index (χ1v) is 18.3. The lowest BCUT2D eigenvalue weighted by Gasteiger charge is -2.26. The highest BCUT2D eigenvalue weighted by atomic mass is 15.1. The van der Waals surface area contributed by atoms with Crippen LogP contribution in [-0.2, 0) is 0 Å². The molecule has 1 aromatic heterocycles. The van der Waals surface area contributed by atoms with E-state index in [4.69, 9.17) is 9.97 Å². The number of rotatable bonds is 8. The molecule has 0 aliphatic heterocycles. The molecule has 1 heterocycles. The number of benzene rings is 8. The summed E-state index contributed by atoms with van der Waals surface area (Å²) in [5.41, 5.74) is 13.6. The summed E-state index contributed by atoms with van der Waals surface area (Å²) in [5.74, 6) is 0.685. The zero-order valence-corrected chi connectivity index (χ0v) is 29.4. The third-order valence-electron chi connectivity index (χ3n) is 10.1. The van der Waals surface area contributed by atoms with Crippen molar-refractivity contribution in [1.29, 1.82) is 0 Å². The van der Waals surface area contributed by atoms with Crippen LogP contribution in [0.3, 0.4) is 0 Å². The summed E-state index contributed by atoms with van der Waals surface area (Å²) in [6, 6.07) is 72.4. The van der Waals surface area contributed by atoms with E-state index >= 15 is 0 Å². The van der Waals surface area contributed by atoms with Crippen molar-refractivity contribution in [2.24, 2.45) is 0 Å². The topological polar surface area (TPSA) is 32.3 Å². The lowest BCUT2D eigenvalue weighted by atomic mass is 9.98. The van der Waals surface area contributed by atoms with Crippen molar-refractivity contribution in [3.8, 4) is 45.0 Å². The molecule has 4 nitrogen and oxygen atoms in total. The van der Waals surface area contributed by atoms with Gasteiger partial charge in [-0.25, -0.2) is 9.97 Å². The molecular weight excluding hydrogens is 657 g/mol. The smallest absolute Gasteiger partial charge is 0.160 e. The second kappa shape index (κ2) is 13.4. The molecule has 0 N–H and O–H groups in total. The van der Waals surface area contributed by atoms with E-state index in [1.54, 1.807) is 0 Å². The summed E-state index contributed by atoms with van der Waals surface area (Å²) in [7, 11) is 0. The van der Waals surface area contributed by atoms with Crippen LogP contribution in [0.1, 0.15) is 0 Å². The quantitative estimate of drug-likeness (QED) is 0.159. The second-order valence-corrected chi connectivity index (χ2v) is 13.4. The third-order valence-corrected chi connectivity index (χ3v) is 10.1. The van der Waals surface area contributed by atoms with Gasteiger partial charge in [-0.05, 0) is 89.1 Å². The molecule has 0 spiro atoms. The molecule has 0 atom stereocenters. The number of hydrogen-bond donors (Lipinski definition) is 0. The van der Waals surface area contributed by atoms with Crippen LogP contribution in [0.5, 0.6) is 0 Å². The third kappa shape index (κ3) is 5.49. The second-order valence-electron chi connectivity index (χ2n) is 13.4. The monoisotopic (exact) mass is 690 g/mol. The Morgan fingerprint density at radius 1 is 0.315 bits per heavy atom.